The van der Waals surface area contributed by atoms with E-state index >= 15 is 0 Å². The molecule has 0 aliphatic carbocycles. The SMILES string of the molecule is COc1ccc(C(C)N(C)C(=O)Cc2cccs2)cc1. The lowest BCUT2D eigenvalue weighted by atomic mass is 10.1. The van der Waals surface area contributed by atoms with Crippen LogP contribution in [0, 0.1) is 0 Å². The molecule has 1 unspecified atom stereocenters. The maximum atomic E-state index is 12.3. The van der Waals surface area contributed by atoms with Gasteiger partial charge in [-0.25, -0.2) is 0 Å². The van der Waals surface area contributed by atoms with Crippen molar-refractivity contribution >= 4 is 17.2 Å². The van der Waals surface area contributed by atoms with Gasteiger partial charge in [0.1, 0.15) is 5.75 Å². The Bertz CT molecular complexity index is 548. The third-order valence-electron chi connectivity index (χ3n) is 3.48. The lowest BCUT2D eigenvalue weighted by molar-refractivity contribution is -0.131. The first kappa shape index (κ1) is 14.6. The summed E-state index contributed by atoms with van der Waals surface area (Å²) in [6.45, 7) is 2.04. The number of ether oxygens (including phenoxy) is 1. The number of hydrogen-bond donors (Lipinski definition) is 0. The molecule has 2 rings (SSSR count). The molecule has 1 aromatic carbocycles. The zero-order chi connectivity index (χ0) is 14.5. The van der Waals surface area contributed by atoms with Crippen LogP contribution in [0.5, 0.6) is 5.75 Å². The number of carbonyl (C=O) groups is 1. The average molecular weight is 289 g/mol. The van der Waals surface area contributed by atoms with E-state index in [1.807, 2.05) is 55.7 Å². The van der Waals surface area contributed by atoms with Crippen LogP contribution in [0.3, 0.4) is 0 Å². The first-order chi connectivity index (χ1) is 9.61. The van der Waals surface area contributed by atoms with Crippen LogP contribution in [0.25, 0.3) is 0 Å². The van der Waals surface area contributed by atoms with Crippen molar-refractivity contribution in [2.24, 2.45) is 0 Å². The van der Waals surface area contributed by atoms with E-state index in [0.717, 1.165) is 16.2 Å². The van der Waals surface area contributed by atoms with Crippen molar-refractivity contribution in [1.82, 2.24) is 4.90 Å². The first-order valence-electron chi connectivity index (χ1n) is 6.54. The molecule has 0 saturated heterocycles. The van der Waals surface area contributed by atoms with Crippen LogP contribution in [-0.4, -0.2) is 25.0 Å². The smallest absolute Gasteiger partial charge is 0.228 e. The fraction of sp³-hybridized carbons (Fsp3) is 0.312. The summed E-state index contributed by atoms with van der Waals surface area (Å²) in [5, 5.41) is 2.00. The zero-order valence-corrected chi connectivity index (χ0v) is 12.8. The summed E-state index contributed by atoms with van der Waals surface area (Å²) in [6, 6.07) is 11.9. The minimum atomic E-state index is 0.0494. The molecular weight excluding hydrogens is 270 g/mol. The number of amides is 1. The van der Waals surface area contributed by atoms with Crippen LogP contribution in [0.2, 0.25) is 0 Å². The molecule has 1 heterocycles. The number of nitrogens with zero attached hydrogens (tertiary/aromatic N) is 1. The predicted octanol–water partition coefficient (Wildman–Crippen LogP) is 3.52. The third-order valence-corrected chi connectivity index (χ3v) is 4.35. The third kappa shape index (κ3) is 3.39. The molecule has 0 saturated carbocycles. The molecule has 3 nitrogen and oxygen atoms in total. The van der Waals surface area contributed by atoms with Gasteiger partial charge in [-0.15, -0.1) is 11.3 Å². The summed E-state index contributed by atoms with van der Waals surface area (Å²) in [5.41, 5.74) is 1.10. The molecule has 0 aliphatic heterocycles. The summed E-state index contributed by atoms with van der Waals surface area (Å²) in [6.07, 6.45) is 0.467. The number of hydrogen-bond acceptors (Lipinski definition) is 3. The van der Waals surface area contributed by atoms with Crippen LogP contribution < -0.4 is 4.74 Å². The van der Waals surface area contributed by atoms with E-state index in [0.29, 0.717) is 6.42 Å². The summed E-state index contributed by atoms with van der Waals surface area (Å²) in [7, 11) is 3.50. The second-order valence-corrected chi connectivity index (χ2v) is 5.74. The van der Waals surface area contributed by atoms with Gasteiger partial charge in [-0.05, 0) is 36.1 Å². The molecule has 1 aromatic heterocycles. The van der Waals surface area contributed by atoms with Crippen molar-refractivity contribution < 1.29 is 9.53 Å². The maximum absolute atomic E-state index is 12.3. The Morgan fingerprint density at radius 1 is 1.30 bits per heavy atom. The quantitative estimate of drug-likeness (QED) is 0.843. The highest BCUT2D eigenvalue weighted by Crippen LogP contribution is 2.22. The van der Waals surface area contributed by atoms with Crippen LogP contribution in [0.4, 0.5) is 0 Å². The molecule has 106 valence electrons. The van der Waals surface area contributed by atoms with Crippen molar-refractivity contribution in [3.63, 3.8) is 0 Å². The molecule has 0 N–H and O–H groups in total. The standard InChI is InChI=1S/C16H19NO2S/c1-12(13-6-8-14(19-3)9-7-13)17(2)16(18)11-15-5-4-10-20-15/h4-10,12H,11H2,1-3H3. The highest BCUT2D eigenvalue weighted by molar-refractivity contribution is 7.10. The van der Waals surface area contributed by atoms with Gasteiger partial charge in [-0.1, -0.05) is 18.2 Å². The average Bonchev–Trinajstić information content (AvgIpc) is 2.98. The van der Waals surface area contributed by atoms with Crippen molar-refractivity contribution in [2.45, 2.75) is 19.4 Å². The van der Waals surface area contributed by atoms with Gasteiger partial charge in [-0.2, -0.15) is 0 Å². The van der Waals surface area contributed by atoms with Crippen LogP contribution >= 0.6 is 11.3 Å². The van der Waals surface area contributed by atoms with Gasteiger partial charge in [-0.3, -0.25) is 4.79 Å². The topological polar surface area (TPSA) is 29.5 Å². The fourth-order valence-corrected chi connectivity index (χ4v) is 2.70. The van der Waals surface area contributed by atoms with Gasteiger partial charge in [0.15, 0.2) is 0 Å². The molecular formula is C16H19NO2S. The summed E-state index contributed by atoms with van der Waals surface area (Å²) < 4.78 is 5.15. The van der Waals surface area contributed by atoms with E-state index in [-0.39, 0.29) is 11.9 Å². The number of carbonyl (C=O) groups excluding carboxylic acids is 1. The maximum Gasteiger partial charge on any atom is 0.228 e. The Balaban J connectivity index is 2.03. The van der Waals surface area contributed by atoms with Crippen molar-refractivity contribution in [1.29, 1.82) is 0 Å². The number of methoxy groups -OCH3 is 1. The van der Waals surface area contributed by atoms with E-state index in [4.69, 9.17) is 4.74 Å². The molecule has 0 bridgehead atoms. The number of rotatable bonds is 5. The van der Waals surface area contributed by atoms with E-state index in [1.165, 1.54) is 0 Å². The fourth-order valence-electron chi connectivity index (χ4n) is 2.01. The lowest BCUT2D eigenvalue weighted by Crippen LogP contribution is -2.30. The highest BCUT2D eigenvalue weighted by atomic mass is 32.1. The highest BCUT2D eigenvalue weighted by Gasteiger charge is 2.17. The number of benzene rings is 1. The molecule has 1 amide bonds. The summed E-state index contributed by atoms with van der Waals surface area (Å²) >= 11 is 1.62. The van der Waals surface area contributed by atoms with Gasteiger partial charge in [0.2, 0.25) is 5.91 Å². The second-order valence-electron chi connectivity index (χ2n) is 4.71. The molecule has 0 fully saturated rings. The van der Waals surface area contributed by atoms with Gasteiger partial charge in [0.25, 0.3) is 0 Å². The predicted molar refractivity (Wildman–Crippen MR) is 82.2 cm³/mol. The monoisotopic (exact) mass is 289 g/mol. The molecule has 0 radical (unpaired) electrons. The van der Waals surface area contributed by atoms with Gasteiger partial charge in [0, 0.05) is 11.9 Å². The molecule has 4 heteroatoms. The number of likely N-dealkylation sites (N-methyl/N-ethyl adjacent to an activating group) is 1. The van der Waals surface area contributed by atoms with Crippen molar-refractivity contribution in [3.05, 3.63) is 52.2 Å². The molecule has 2 aromatic rings. The van der Waals surface area contributed by atoms with E-state index in [1.54, 1.807) is 23.3 Å². The largest absolute Gasteiger partial charge is 0.497 e. The summed E-state index contributed by atoms with van der Waals surface area (Å²) in [4.78, 5) is 15.2. The second kappa shape index (κ2) is 6.57. The van der Waals surface area contributed by atoms with Crippen LogP contribution in [0.1, 0.15) is 23.4 Å². The molecule has 0 aliphatic rings. The van der Waals surface area contributed by atoms with Gasteiger partial charge in [0.05, 0.1) is 19.6 Å². The summed E-state index contributed by atoms with van der Waals surface area (Å²) in [5.74, 6) is 0.962. The van der Waals surface area contributed by atoms with Crippen molar-refractivity contribution in [2.75, 3.05) is 14.2 Å². The minimum absolute atomic E-state index is 0.0494. The minimum Gasteiger partial charge on any atom is -0.497 e. The Kier molecular flexibility index (Phi) is 4.79. The van der Waals surface area contributed by atoms with E-state index in [9.17, 15) is 4.79 Å². The molecule has 0 spiro atoms. The lowest BCUT2D eigenvalue weighted by Gasteiger charge is -2.25. The zero-order valence-electron chi connectivity index (χ0n) is 12.0. The molecule has 20 heavy (non-hydrogen) atoms. The molecule has 1 atom stereocenters. The Labute approximate surface area is 123 Å². The van der Waals surface area contributed by atoms with Crippen LogP contribution in [0.15, 0.2) is 41.8 Å². The Hall–Kier alpha value is -1.81. The Morgan fingerprint density at radius 2 is 2.00 bits per heavy atom. The van der Waals surface area contributed by atoms with Gasteiger partial charge < -0.3 is 9.64 Å². The van der Waals surface area contributed by atoms with E-state index in [2.05, 4.69) is 0 Å². The normalized spacial score (nSPS) is 11.9. The van der Waals surface area contributed by atoms with Gasteiger partial charge >= 0.3 is 0 Å². The van der Waals surface area contributed by atoms with Crippen molar-refractivity contribution in [3.8, 4) is 5.75 Å². The van der Waals surface area contributed by atoms with E-state index < -0.39 is 0 Å². The number of thiophene rings is 1. The Morgan fingerprint density at radius 3 is 2.55 bits per heavy atom. The van der Waals surface area contributed by atoms with Crippen LogP contribution in [-0.2, 0) is 11.2 Å². The first-order valence-corrected chi connectivity index (χ1v) is 7.41.